The highest BCUT2D eigenvalue weighted by Gasteiger charge is 2.57. The van der Waals surface area contributed by atoms with Crippen LogP contribution in [-0.2, 0) is 15.1 Å². The summed E-state index contributed by atoms with van der Waals surface area (Å²) in [5.41, 5.74) is -1.39. The molecule has 1 amide bonds. The summed E-state index contributed by atoms with van der Waals surface area (Å²) < 4.78 is 11.8. The first-order valence-electron chi connectivity index (χ1n) is 7.58. The Morgan fingerprint density at radius 3 is 2.78 bits per heavy atom. The van der Waals surface area contributed by atoms with Crippen LogP contribution in [0.2, 0.25) is 0 Å². The molecule has 1 atom stereocenters. The first kappa shape index (κ1) is 16.7. The zero-order chi connectivity index (χ0) is 16.9. The van der Waals surface area contributed by atoms with E-state index in [1.54, 1.807) is 17.2 Å². The molecule has 23 heavy (non-hydrogen) atoms. The van der Waals surface area contributed by atoms with Crippen LogP contribution in [0.1, 0.15) is 32.8 Å². The summed E-state index contributed by atoms with van der Waals surface area (Å²) in [5, 5.41) is 10.9. The standard InChI is InChI=1S/C16H21BrN2O4/c1-14(2,3)23-13(20)19-8-15(9-19)7-16(21,10-22-15)11-5-4-6-18-12(11)17/h4-6,21H,7-10H2,1-3H3. The van der Waals surface area contributed by atoms with Gasteiger partial charge in [0.05, 0.1) is 19.7 Å². The van der Waals surface area contributed by atoms with Gasteiger partial charge in [-0.3, -0.25) is 0 Å². The van der Waals surface area contributed by atoms with E-state index in [0.29, 0.717) is 29.7 Å². The Morgan fingerprint density at radius 1 is 1.48 bits per heavy atom. The molecule has 0 aromatic carbocycles. The number of hydrogen-bond acceptors (Lipinski definition) is 5. The summed E-state index contributed by atoms with van der Waals surface area (Å²) in [7, 11) is 0. The van der Waals surface area contributed by atoms with E-state index >= 15 is 0 Å². The second kappa shape index (κ2) is 5.43. The van der Waals surface area contributed by atoms with Crippen LogP contribution in [0.5, 0.6) is 0 Å². The van der Waals surface area contributed by atoms with Gasteiger partial charge in [-0.05, 0) is 42.8 Å². The molecule has 0 bridgehead atoms. The van der Waals surface area contributed by atoms with E-state index in [1.807, 2.05) is 26.8 Å². The number of aliphatic hydroxyl groups is 1. The van der Waals surface area contributed by atoms with Gasteiger partial charge >= 0.3 is 6.09 Å². The largest absolute Gasteiger partial charge is 0.444 e. The van der Waals surface area contributed by atoms with E-state index in [9.17, 15) is 9.90 Å². The molecule has 2 fully saturated rings. The minimum absolute atomic E-state index is 0.194. The molecule has 0 aliphatic carbocycles. The van der Waals surface area contributed by atoms with Gasteiger partial charge in [-0.15, -0.1) is 0 Å². The van der Waals surface area contributed by atoms with E-state index < -0.39 is 16.8 Å². The molecule has 0 saturated carbocycles. The smallest absolute Gasteiger partial charge is 0.410 e. The molecule has 1 spiro atoms. The highest BCUT2D eigenvalue weighted by molar-refractivity contribution is 9.10. The van der Waals surface area contributed by atoms with Crippen molar-refractivity contribution in [3.05, 3.63) is 28.5 Å². The molecule has 1 N–H and O–H groups in total. The molecule has 1 aromatic rings. The van der Waals surface area contributed by atoms with Crippen molar-refractivity contribution in [1.29, 1.82) is 0 Å². The van der Waals surface area contributed by atoms with Gasteiger partial charge in [-0.25, -0.2) is 9.78 Å². The molecule has 3 heterocycles. The van der Waals surface area contributed by atoms with Crippen LogP contribution < -0.4 is 0 Å². The lowest BCUT2D eigenvalue weighted by atomic mass is 9.82. The second-order valence-corrected chi connectivity index (χ2v) is 8.11. The zero-order valence-electron chi connectivity index (χ0n) is 13.5. The number of carbonyl (C=O) groups excluding carboxylic acids is 1. The fraction of sp³-hybridized carbons (Fsp3) is 0.625. The normalized spacial score (nSPS) is 26.2. The Balaban J connectivity index is 1.66. The van der Waals surface area contributed by atoms with E-state index in [1.165, 1.54) is 0 Å². The molecule has 2 aliphatic rings. The number of aromatic nitrogens is 1. The highest BCUT2D eigenvalue weighted by Crippen LogP contribution is 2.46. The summed E-state index contributed by atoms with van der Waals surface area (Å²) in [6.07, 6.45) is 1.75. The minimum Gasteiger partial charge on any atom is -0.444 e. The Bertz CT molecular complexity index is 625. The fourth-order valence-electron chi connectivity index (χ4n) is 3.12. The average Bonchev–Trinajstić information content (AvgIpc) is 2.75. The number of halogens is 1. The lowest BCUT2D eigenvalue weighted by Gasteiger charge is -2.47. The monoisotopic (exact) mass is 384 g/mol. The molecule has 126 valence electrons. The number of ether oxygens (including phenoxy) is 2. The van der Waals surface area contributed by atoms with Crippen molar-refractivity contribution < 1.29 is 19.4 Å². The van der Waals surface area contributed by atoms with Crippen LogP contribution >= 0.6 is 15.9 Å². The number of rotatable bonds is 1. The number of amides is 1. The minimum atomic E-state index is -1.09. The maximum Gasteiger partial charge on any atom is 0.410 e. The van der Waals surface area contributed by atoms with E-state index in [4.69, 9.17) is 9.47 Å². The molecule has 0 radical (unpaired) electrons. The lowest BCUT2D eigenvalue weighted by Crippen LogP contribution is -2.64. The molecule has 3 rings (SSSR count). The Hall–Kier alpha value is -1.18. The van der Waals surface area contributed by atoms with Gasteiger partial charge in [0.15, 0.2) is 0 Å². The van der Waals surface area contributed by atoms with Crippen LogP contribution in [0.15, 0.2) is 22.9 Å². The third-order valence-electron chi connectivity index (χ3n) is 4.10. The van der Waals surface area contributed by atoms with Gasteiger partial charge in [0.25, 0.3) is 0 Å². The van der Waals surface area contributed by atoms with E-state index in [2.05, 4.69) is 20.9 Å². The van der Waals surface area contributed by atoms with E-state index in [-0.39, 0.29) is 12.7 Å². The Morgan fingerprint density at radius 2 is 2.17 bits per heavy atom. The molecular formula is C16H21BrN2O4. The molecule has 7 heteroatoms. The summed E-state index contributed by atoms with van der Waals surface area (Å²) in [4.78, 5) is 17.8. The predicted molar refractivity (Wildman–Crippen MR) is 86.9 cm³/mol. The number of hydrogen-bond donors (Lipinski definition) is 1. The van der Waals surface area contributed by atoms with Gasteiger partial charge < -0.3 is 19.5 Å². The topological polar surface area (TPSA) is 71.9 Å². The third-order valence-corrected chi connectivity index (χ3v) is 4.73. The van der Waals surface area contributed by atoms with Crippen molar-refractivity contribution in [2.24, 2.45) is 0 Å². The third kappa shape index (κ3) is 3.22. The van der Waals surface area contributed by atoms with Crippen molar-refractivity contribution in [3.8, 4) is 0 Å². The van der Waals surface area contributed by atoms with Crippen LogP contribution in [0.25, 0.3) is 0 Å². The Labute approximate surface area is 143 Å². The first-order chi connectivity index (χ1) is 10.6. The van der Waals surface area contributed by atoms with Gasteiger partial charge in [0, 0.05) is 18.2 Å². The Kier molecular flexibility index (Phi) is 3.93. The fourth-order valence-corrected chi connectivity index (χ4v) is 3.74. The molecule has 2 saturated heterocycles. The summed E-state index contributed by atoms with van der Waals surface area (Å²) >= 11 is 3.38. The number of pyridine rings is 1. The van der Waals surface area contributed by atoms with Crippen LogP contribution in [-0.4, -0.2) is 52.0 Å². The van der Waals surface area contributed by atoms with Gasteiger partial charge in [0.2, 0.25) is 0 Å². The maximum atomic E-state index is 12.0. The summed E-state index contributed by atoms with van der Waals surface area (Å²) in [6, 6.07) is 3.63. The van der Waals surface area contributed by atoms with Crippen molar-refractivity contribution in [1.82, 2.24) is 9.88 Å². The van der Waals surface area contributed by atoms with Crippen LogP contribution in [0.4, 0.5) is 4.79 Å². The summed E-state index contributed by atoms with van der Waals surface area (Å²) in [5.74, 6) is 0. The molecular weight excluding hydrogens is 364 g/mol. The van der Waals surface area contributed by atoms with Crippen molar-refractivity contribution in [2.45, 2.75) is 44.0 Å². The average molecular weight is 385 g/mol. The number of nitrogens with zero attached hydrogens (tertiary/aromatic N) is 2. The molecule has 2 aliphatic heterocycles. The van der Waals surface area contributed by atoms with Crippen molar-refractivity contribution in [3.63, 3.8) is 0 Å². The van der Waals surface area contributed by atoms with Gasteiger partial charge in [0.1, 0.15) is 21.4 Å². The number of carbonyl (C=O) groups is 1. The van der Waals surface area contributed by atoms with Crippen LogP contribution in [0.3, 0.4) is 0 Å². The van der Waals surface area contributed by atoms with Gasteiger partial charge in [-0.1, -0.05) is 6.07 Å². The van der Waals surface area contributed by atoms with E-state index in [0.717, 1.165) is 0 Å². The SMILES string of the molecule is CC(C)(C)OC(=O)N1CC2(C1)CC(O)(c1cccnc1Br)CO2. The second-order valence-electron chi connectivity index (χ2n) is 7.36. The quantitative estimate of drug-likeness (QED) is 0.752. The van der Waals surface area contributed by atoms with Crippen molar-refractivity contribution >= 4 is 22.0 Å². The lowest BCUT2D eigenvalue weighted by molar-refractivity contribution is -0.109. The van der Waals surface area contributed by atoms with Crippen molar-refractivity contribution in [2.75, 3.05) is 19.7 Å². The zero-order valence-corrected chi connectivity index (χ0v) is 15.1. The maximum absolute atomic E-state index is 12.0. The van der Waals surface area contributed by atoms with Crippen LogP contribution in [0, 0.1) is 0 Å². The van der Waals surface area contributed by atoms with Gasteiger partial charge in [-0.2, -0.15) is 0 Å². The summed E-state index contributed by atoms with van der Waals surface area (Å²) in [6.45, 7) is 6.57. The molecule has 6 nitrogen and oxygen atoms in total. The molecule has 1 unspecified atom stereocenters. The number of likely N-dealkylation sites (tertiary alicyclic amines) is 1. The highest BCUT2D eigenvalue weighted by atomic mass is 79.9. The molecule has 1 aromatic heterocycles. The first-order valence-corrected chi connectivity index (χ1v) is 8.37. The predicted octanol–water partition coefficient (Wildman–Crippen LogP) is 2.44.